The summed E-state index contributed by atoms with van der Waals surface area (Å²) in [6.07, 6.45) is 7.80. The lowest BCUT2D eigenvalue weighted by Crippen LogP contribution is -2.33. The van der Waals surface area contributed by atoms with Crippen LogP contribution in [0, 0.1) is 0 Å². The van der Waals surface area contributed by atoms with Crippen LogP contribution in [0.5, 0.6) is 0 Å². The molecule has 0 fully saturated rings. The quantitative estimate of drug-likeness (QED) is 0.612. The summed E-state index contributed by atoms with van der Waals surface area (Å²) in [5, 5.41) is 2.94. The Labute approximate surface area is 126 Å². The molecule has 2 rings (SSSR count). The number of carbonyl (C=O) groups excluding carboxylic acids is 1. The number of unbranched alkanes of at least 4 members (excludes halogenated alkanes) is 2. The van der Waals surface area contributed by atoms with Crippen LogP contribution in [0.25, 0.3) is 0 Å². The van der Waals surface area contributed by atoms with Gasteiger partial charge in [0.25, 0.3) is 0 Å². The first-order chi connectivity index (χ1) is 10.3. The highest BCUT2D eigenvalue weighted by Crippen LogP contribution is 2.06. The fourth-order valence-electron chi connectivity index (χ4n) is 2.20. The Morgan fingerprint density at radius 3 is 2.43 bits per heavy atom. The number of carbonyl (C=O) groups is 1. The van der Waals surface area contributed by atoms with Crippen molar-refractivity contribution >= 4 is 11.6 Å². The van der Waals surface area contributed by atoms with Gasteiger partial charge >= 0.3 is 0 Å². The van der Waals surface area contributed by atoms with Crippen molar-refractivity contribution < 1.29 is 9.36 Å². The van der Waals surface area contributed by atoms with Crippen LogP contribution in [0.1, 0.15) is 38.2 Å². The van der Waals surface area contributed by atoms with Gasteiger partial charge in [-0.25, -0.2) is 4.57 Å². The van der Waals surface area contributed by atoms with Crippen molar-refractivity contribution in [2.45, 2.75) is 39.2 Å². The number of hydrogen-bond donors (Lipinski definition) is 1. The first-order valence-electron chi connectivity index (χ1n) is 7.61. The molecule has 0 aliphatic carbocycles. The van der Waals surface area contributed by atoms with Crippen LogP contribution >= 0.6 is 0 Å². The minimum absolute atomic E-state index is 0.101. The minimum Gasteiger partial charge on any atom is -0.326 e. The SMILES string of the molecule is CCCCCC(=O)Nc1cc[n+](Cc2ccccc2)cc1. The van der Waals surface area contributed by atoms with Crippen molar-refractivity contribution in [3.8, 4) is 0 Å². The van der Waals surface area contributed by atoms with Crippen LogP contribution in [0.2, 0.25) is 0 Å². The molecule has 110 valence electrons. The fourth-order valence-corrected chi connectivity index (χ4v) is 2.20. The summed E-state index contributed by atoms with van der Waals surface area (Å²) in [6.45, 7) is 2.98. The standard InChI is InChI=1S/C18H22N2O/c1-2-3-5-10-18(21)19-17-11-13-20(14-12-17)15-16-8-6-4-7-9-16/h4,6-9,11-14H,2-3,5,10,15H2,1H3/p+1. The van der Waals surface area contributed by atoms with E-state index in [0.717, 1.165) is 31.5 Å². The average molecular weight is 283 g/mol. The monoisotopic (exact) mass is 283 g/mol. The normalized spacial score (nSPS) is 10.3. The summed E-state index contributed by atoms with van der Waals surface area (Å²) in [7, 11) is 0. The lowest BCUT2D eigenvalue weighted by molar-refractivity contribution is -0.688. The van der Waals surface area contributed by atoms with Crippen LogP contribution in [-0.2, 0) is 11.3 Å². The van der Waals surface area contributed by atoms with E-state index in [4.69, 9.17) is 0 Å². The Balaban J connectivity index is 1.85. The van der Waals surface area contributed by atoms with Crippen molar-refractivity contribution in [3.05, 3.63) is 60.4 Å². The molecular weight excluding hydrogens is 260 g/mol. The van der Waals surface area contributed by atoms with E-state index >= 15 is 0 Å². The smallest absolute Gasteiger partial charge is 0.224 e. The van der Waals surface area contributed by atoms with E-state index in [0.29, 0.717) is 6.42 Å². The number of benzene rings is 1. The molecule has 2 aromatic rings. The summed E-state index contributed by atoms with van der Waals surface area (Å²) in [6, 6.07) is 14.2. The van der Waals surface area contributed by atoms with Gasteiger partial charge in [0, 0.05) is 24.1 Å². The van der Waals surface area contributed by atoms with Gasteiger partial charge in [-0.2, -0.15) is 0 Å². The maximum absolute atomic E-state index is 11.7. The van der Waals surface area contributed by atoms with Crippen LogP contribution < -0.4 is 9.88 Å². The minimum atomic E-state index is 0.101. The predicted molar refractivity (Wildman–Crippen MR) is 85.0 cm³/mol. The van der Waals surface area contributed by atoms with Crippen LogP contribution in [-0.4, -0.2) is 5.91 Å². The molecule has 0 saturated heterocycles. The number of rotatable bonds is 7. The number of nitrogens with zero attached hydrogens (tertiary/aromatic N) is 1. The summed E-state index contributed by atoms with van der Waals surface area (Å²) in [5.41, 5.74) is 2.12. The Bertz CT molecular complexity index is 549. The second-order valence-corrected chi connectivity index (χ2v) is 5.25. The Morgan fingerprint density at radius 2 is 1.76 bits per heavy atom. The third-order valence-electron chi connectivity index (χ3n) is 3.39. The predicted octanol–water partition coefficient (Wildman–Crippen LogP) is 3.54. The van der Waals surface area contributed by atoms with E-state index < -0.39 is 0 Å². The van der Waals surface area contributed by atoms with Gasteiger partial charge in [0.15, 0.2) is 18.9 Å². The molecule has 0 radical (unpaired) electrons. The number of nitrogens with one attached hydrogen (secondary N) is 1. The third-order valence-corrected chi connectivity index (χ3v) is 3.39. The zero-order valence-electron chi connectivity index (χ0n) is 12.6. The highest BCUT2D eigenvalue weighted by Gasteiger charge is 2.05. The Kier molecular flexibility index (Phi) is 5.95. The van der Waals surface area contributed by atoms with Gasteiger partial charge in [-0.05, 0) is 6.42 Å². The van der Waals surface area contributed by atoms with E-state index in [1.807, 2.05) is 42.7 Å². The maximum Gasteiger partial charge on any atom is 0.224 e. The summed E-state index contributed by atoms with van der Waals surface area (Å²) in [5.74, 6) is 0.101. The summed E-state index contributed by atoms with van der Waals surface area (Å²) < 4.78 is 2.10. The van der Waals surface area contributed by atoms with Crippen molar-refractivity contribution in [2.75, 3.05) is 5.32 Å². The fraction of sp³-hybridized carbons (Fsp3) is 0.333. The van der Waals surface area contributed by atoms with Gasteiger partial charge in [-0.3, -0.25) is 4.79 Å². The van der Waals surface area contributed by atoms with Gasteiger partial charge in [-0.1, -0.05) is 50.1 Å². The van der Waals surface area contributed by atoms with E-state index in [1.54, 1.807) is 0 Å². The number of pyridine rings is 1. The molecule has 3 heteroatoms. The molecule has 0 unspecified atom stereocenters. The van der Waals surface area contributed by atoms with Crippen molar-refractivity contribution in [1.82, 2.24) is 0 Å². The van der Waals surface area contributed by atoms with Gasteiger partial charge < -0.3 is 5.32 Å². The Hall–Kier alpha value is -2.16. The molecule has 1 amide bonds. The molecule has 3 nitrogen and oxygen atoms in total. The second kappa shape index (κ2) is 8.20. The number of aromatic nitrogens is 1. The van der Waals surface area contributed by atoms with Gasteiger partial charge in [0.1, 0.15) is 0 Å². The number of anilines is 1. The summed E-state index contributed by atoms with van der Waals surface area (Å²) in [4.78, 5) is 11.7. The largest absolute Gasteiger partial charge is 0.326 e. The van der Waals surface area contributed by atoms with Crippen LogP contribution in [0.15, 0.2) is 54.9 Å². The van der Waals surface area contributed by atoms with Crippen LogP contribution in [0.3, 0.4) is 0 Å². The first kappa shape index (κ1) is 15.2. The molecule has 0 bridgehead atoms. The molecule has 0 aliphatic heterocycles. The lowest BCUT2D eigenvalue weighted by atomic mass is 10.2. The van der Waals surface area contributed by atoms with Crippen molar-refractivity contribution in [1.29, 1.82) is 0 Å². The van der Waals surface area contributed by atoms with Crippen LogP contribution in [0.4, 0.5) is 5.69 Å². The van der Waals surface area contributed by atoms with E-state index in [2.05, 4.69) is 28.9 Å². The summed E-state index contributed by atoms with van der Waals surface area (Å²) >= 11 is 0. The van der Waals surface area contributed by atoms with Crippen molar-refractivity contribution in [3.63, 3.8) is 0 Å². The first-order valence-corrected chi connectivity index (χ1v) is 7.61. The molecule has 1 N–H and O–H groups in total. The molecular formula is C18H23N2O+. The molecule has 1 aromatic carbocycles. The molecule has 0 saturated carbocycles. The highest BCUT2D eigenvalue weighted by molar-refractivity contribution is 5.90. The maximum atomic E-state index is 11.7. The molecule has 0 atom stereocenters. The third kappa shape index (κ3) is 5.38. The second-order valence-electron chi connectivity index (χ2n) is 5.25. The van der Waals surface area contributed by atoms with Gasteiger partial charge in [-0.15, -0.1) is 0 Å². The lowest BCUT2D eigenvalue weighted by Gasteiger charge is -2.04. The van der Waals surface area contributed by atoms with Crippen molar-refractivity contribution in [2.24, 2.45) is 0 Å². The van der Waals surface area contributed by atoms with Gasteiger partial charge in [0.2, 0.25) is 5.91 Å². The molecule has 0 aliphatic rings. The van der Waals surface area contributed by atoms with E-state index in [9.17, 15) is 4.79 Å². The topological polar surface area (TPSA) is 33.0 Å². The van der Waals surface area contributed by atoms with Gasteiger partial charge in [0.05, 0.1) is 5.69 Å². The number of amides is 1. The highest BCUT2D eigenvalue weighted by atomic mass is 16.1. The number of hydrogen-bond acceptors (Lipinski definition) is 1. The average Bonchev–Trinajstić information content (AvgIpc) is 2.51. The molecule has 21 heavy (non-hydrogen) atoms. The zero-order valence-corrected chi connectivity index (χ0v) is 12.6. The van der Waals surface area contributed by atoms with E-state index in [-0.39, 0.29) is 5.91 Å². The Morgan fingerprint density at radius 1 is 1.05 bits per heavy atom. The molecule has 1 heterocycles. The van der Waals surface area contributed by atoms with E-state index in [1.165, 1.54) is 5.56 Å². The molecule has 0 spiro atoms. The zero-order chi connectivity index (χ0) is 14.9. The molecule has 1 aromatic heterocycles.